The normalized spacial score (nSPS) is 10.4. The zero-order valence-electron chi connectivity index (χ0n) is 8.53. The number of hydrogen-bond donors (Lipinski definition) is 1. The summed E-state index contributed by atoms with van der Waals surface area (Å²) >= 11 is 11.0. The summed E-state index contributed by atoms with van der Waals surface area (Å²) in [5, 5.41) is 3.70. The summed E-state index contributed by atoms with van der Waals surface area (Å²) in [6.07, 6.45) is 0.764. The molecule has 0 aliphatic carbocycles. The second-order valence-corrected chi connectivity index (χ2v) is 4.21. The molecule has 0 saturated carbocycles. The van der Waals surface area contributed by atoms with Crippen LogP contribution in [0.5, 0.6) is 0 Å². The van der Waals surface area contributed by atoms with E-state index in [9.17, 15) is 4.79 Å². The molecule has 0 bridgehead atoms. The molecule has 16 heavy (non-hydrogen) atoms. The molecule has 0 saturated heterocycles. The van der Waals surface area contributed by atoms with Gasteiger partial charge in [0, 0.05) is 10.7 Å². The number of hydrogen-bond acceptors (Lipinski definition) is 2. The van der Waals surface area contributed by atoms with Crippen LogP contribution < -0.4 is 0 Å². The molecule has 0 radical (unpaired) electrons. The minimum Gasteiger partial charge on any atom is -0.298 e. The number of rotatable bonds is 2. The van der Waals surface area contributed by atoms with Crippen molar-refractivity contribution < 1.29 is 4.79 Å². The summed E-state index contributed by atoms with van der Waals surface area (Å²) in [4.78, 5) is 10.8. The molecule has 82 valence electrons. The van der Waals surface area contributed by atoms with E-state index in [4.69, 9.17) is 23.8 Å². The van der Waals surface area contributed by atoms with Crippen LogP contribution in [0.25, 0.3) is 5.69 Å². The number of aldehydes is 1. The first-order valence-electron chi connectivity index (χ1n) is 4.66. The van der Waals surface area contributed by atoms with Gasteiger partial charge in [-0.3, -0.25) is 9.89 Å². The summed E-state index contributed by atoms with van der Waals surface area (Å²) < 4.78 is 2.17. The average Bonchev–Trinajstić information content (AvgIpc) is 2.55. The van der Waals surface area contributed by atoms with E-state index in [0.717, 1.165) is 17.7 Å². The number of nitrogens with zero attached hydrogens (tertiary/aromatic N) is 1. The molecule has 3 nitrogen and oxygen atoms in total. The maximum Gasteiger partial charge on any atom is 0.154 e. The van der Waals surface area contributed by atoms with Crippen LogP contribution in [0.1, 0.15) is 16.1 Å². The summed E-state index contributed by atoms with van der Waals surface area (Å²) in [5.41, 5.74) is 2.13. The summed E-state index contributed by atoms with van der Waals surface area (Å²) in [7, 11) is 0. The fourth-order valence-electron chi connectivity index (χ4n) is 1.47. The number of aryl methyl sites for hydroxylation is 1. The maximum atomic E-state index is 10.8. The van der Waals surface area contributed by atoms with Gasteiger partial charge in [-0.25, -0.2) is 4.68 Å². The van der Waals surface area contributed by atoms with Crippen LogP contribution in [-0.2, 0) is 0 Å². The van der Waals surface area contributed by atoms with Gasteiger partial charge in [0.05, 0.1) is 11.3 Å². The van der Waals surface area contributed by atoms with E-state index < -0.39 is 0 Å². The molecule has 1 N–H and O–H groups in total. The molecule has 1 heterocycles. The average molecular weight is 253 g/mol. The van der Waals surface area contributed by atoms with Gasteiger partial charge < -0.3 is 0 Å². The zero-order valence-corrected chi connectivity index (χ0v) is 10.1. The third-order valence-electron chi connectivity index (χ3n) is 2.32. The molecule has 1 aromatic heterocycles. The van der Waals surface area contributed by atoms with E-state index in [0.29, 0.717) is 15.2 Å². The Labute approximate surface area is 103 Å². The molecule has 0 spiro atoms. The van der Waals surface area contributed by atoms with Crippen molar-refractivity contribution in [3.05, 3.63) is 45.2 Å². The number of aromatic nitrogens is 2. The van der Waals surface area contributed by atoms with Gasteiger partial charge in [-0.05, 0) is 31.2 Å². The summed E-state index contributed by atoms with van der Waals surface area (Å²) in [6.45, 7) is 1.81. The Kier molecular flexibility index (Phi) is 2.94. The first kappa shape index (κ1) is 11.1. The number of H-pyrrole nitrogens is 1. The van der Waals surface area contributed by atoms with Gasteiger partial charge in [-0.2, -0.15) is 0 Å². The van der Waals surface area contributed by atoms with Crippen LogP contribution >= 0.6 is 23.8 Å². The second kappa shape index (κ2) is 4.23. The molecular formula is C11H9ClN2OS. The van der Waals surface area contributed by atoms with Gasteiger partial charge in [0.1, 0.15) is 4.64 Å². The van der Waals surface area contributed by atoms with Crippen molar-refractivity contribution >= 4 is 30.1 Å². The van der Waals surface area contributed by atoms with Crippen molar-refractivity contribution in [1.29, 1.82) is 0 Å². The Hall–Kier alpha value is -1.39. The highest BCUT2D eigenvalue weighted by Gasteiger charge is 2.07. The lowest BCUT2D eigenvalue weighted by Gasteiger charge is -2.02. The van der Waals surface area contributed by atoms with Crippen LogP contribution in [0.15, 0.2) is 24.3 Å². The number of carbonyl (C=O) groups is 1. The molecule has 2 rings (SSSR count). The van der Waals surface area contributed by atoms with Crippen molar-refractivity contribution in [3.63, 3.8) is 0 Å². The lowest BCUT2D eigenvalue weighted by Crippen LogP contribution is -1.96. The monoisotopic (exact) mass is 252 g/mol. The Bertz CT molecular complexity index is 583. The lowest BCUT2D eigenvalue weighted by atomic mass is 10.3. The largest absolute Gasteiger partial charge is 0.298 e. The molecule has 0 atom stereocenters. The van der Waals surface area contributed by atoms with E-state index in [2.05, 4.69) is 5.10 Å². The highest BCUT2D eigenvalue weighted by atomic mass is 35.5. The van der Waals surface area contributed by atoms with E-state index in [1.807, 2.05) is 19.1 Å². The fourth-order valence-corrected chi connectivity index (χ4v) is 1.95. The van der Waals surface area contributed by atoms with E-state index in [1.165, 1.54) is 0 Å². The number of halogens is 1. The maximum absolute atomic E-state index is 10.8. The van der Waals surface area contributed by atoms with Crippen LogP contribution in [0.4, 0.5) is 0 Å². The third kappa shape index (κ3) is 1.81. The van der Waals surface area contributed by atoms with Gasteiger partial charge >= 0.3 is 0 Å². The van der Waals surface area contributed by atoms with Crippen molar-refractivity contribution in [3.8, 4) is 5.69 Å². The van der Waals surface area contributed by atoms with Crippen LogP contribution in [0.3, 0.4) is 0 Å². The topological polar surface area (TPSA) is 37.8 Å². The lowest BCUT2D eigenvalue weighted by molar-refractivity contribution is 0.112. The Morgan fingerprint density at radius 1 is 1.38 bits per heavy atom. The molecule has 0 unspecified atom stereocenters. The minimum atomic E-state index is 0.481. The summed E-state index contributed by atoms with van der Waals surface area (Å²) in [6, 6.07) is 7.22. The highest BCUT2D eigenvalue weighted by molar-refractivity contribution is 7.71. The Morgan fingerprint density at radius 3 is 2.50 bits per heavy atom. The third-order valence-corrected chi connectivity index (χ3v) is 2.97. The summed E-state index contributed by atoms with van der Waals surface area (Å²) in [5.74, 6) is 0. The number of nitrogens with one attached hydrogen (secondary N) is 1. The predicted molar refractivity (Wildman–Crippen MR) is 66.1 cm³/mol. The standard InChI is InChI=1S/C11H9ClN2OS/c1-7-10(6-15)11(16)14(13-7)9-4-2-8(12)3-5-9/h2-6,13H,1H3. The first-order valence-corrected chi connectivity index (χ1v) is 5.45. The molecule has 0 fully saturated rings. The molecule has 0 aliphatic heterocycles. The highest BCUT2D eigenvalue weighted by Crippen LogP contribution is 2.16. The SMILES string of the molecule is Cc1[nH]n(-c2ccc(Cl)cc2)c(=S)c1C=O. The van der Waals surface area contributed by atoms with Crippen LogP contribution in [0.2, 0.25) is 5.02 Å². The van der Waals surface area contributed by atoms with E-state index in [1.54, 1.807) is 16.8 Å². The second-order valence-electron chi connectivity index (χ2n) is 3.39. The predicted octanol–water partition coefficient (Wildman–Crippen LogP) is 3.31. The zero-order chi connectivity index (χ0) is 11.7. The Morgan fingerprint density at radius 2 is 2.00 bits per heavy atom. The van der Waals surface area contributed by atoms with Crippen molar-refractivity contribution in [2.45, 2.75) is 6.92 Å². The number of benzene rings is 1. The smallest absolute Gasteiger partial charge is 0.154 e. The molecular weight excluding hydrogens is 244 g/mol. The molecule has 5 heteroatoms. The number of aromatic amines is 1. The molecule has 0 amide bonds. The van der Waals surface area contributed by atoms with Crippen molar-refractivity contribution in [1.82, 2.24) is 9.78 Å². The van der Waals surface area contributed by atoms with E-state index >= 15 is 0 Å². The van der Waals surface area contributed by atoms with Crippen molar-refractivity contribution in [2.75, 3.05) is 0 Å². The Balaban J connectivity index is 2.61. The van der Waals surface area contributed by atoms with Crippen LogP contribution in [-0.4, -0.2) is 16.1 Å². The van der Waals surface area contributed by atoms with Crippen LogP contribution in [0, 0.1) is 11.6 Å². The van der Waals surface area contributed by atoms with Crippen molar-refractivity contribution in [2.24, 2.45) is 0 Å². The van der Waals surface area contributed by atoms with Gasteiger partial charge in [0.15, 0.2) is 6.29 Å². The van der Waals surface area contributed by atoms with Gasteiger partial charge in [-0.1, -0.05) is 23.8 Å². The molecule has 2 aromatic rings. The fraction of sp³-hybridized carbons (Fsp3) is 0.0909. The molecule has 0 aliphatic rings. The van der Waals surface area contributed by atoms with Gasteiger partial charge in [-0.15, -0.1) is 0 Å². The number of carbonyl (C=O) groups excluding carboxylic acids is 1. The van der Waals surface area contributed by atoms with Gasteiger partial charge in [0.2, 0.25) is 0 Å². The molecule has 1 aromatic carbocycles. The quantitative estimate of drug-likeness (QED) is 0.658. The minimum absolute atomic E-state index is 0.481. The van der Waals surface area contributed by atoms with Gasteiger partial charge in [0.25, 0.3) is 0 Å². The first-order chi connectivity index (χ1) is 7.63. The van der Waals surface area contributed by atoms with E-state index in [-0.39, 0.29) is 0 Å².